The van der Waals surface area contributed by atoms with Crippen molar-refractivity contribution < 1.29 is 0 Å². The van der Waals surface area contributed by atoms with E-state index in [0.29, 0.717) is 0 Å². The monoisotopic (exact) mass is 819 g/mol. The zero-order chi connectivity index (χ0) is 41.1. The highest BCUT2D eigenvalue weighted by molar-refractivity contribution is 7.17. The van der Waals surface area contributed by atoms with Gasteiger partial charge >= 0.3 is 0 Å². The molecule has 3 heteroatoms. The molecule has 0 fully saturated rings. The van der Waals surface area contributed by atoms with Gasteiger partial charge in [0.25, 0.3) is 0 Å². The largest absolute Gasteiger partial charge is 0.302 e. The summed E-state index contributed by atoms with van der Waals surface area (Å²) >= 11 is 3.92. The van der Waals surface area contributed by atoms with Crippen LogP contribution in [-0.2, 0) is 21.7 Å². The molecule has 3 aliphatic rings. The summed E-state index contributed by atoms with van der Waals surface area (Å²) in [7, 11) is 0. The van der Waals surface area contributed by atoms with E-state index in [-0.39, 0.29) is 10.8 Å². The number of anilines is 3. The Hall–Kier alpha value is -6.26. The van der Waals surface area contributed by atoms with Crippen LogP contribution < -0.4 is 4.90 Å². The molecule has 2 aromatic heterocycles. The van der Waals surface area contributed by atoms with Crippen LogP contribution in [0.25, 0.3) is 11.1 Å². The molecular weight excluding hydrogens is 775 g/mol. The molecule has 0 aliphatic heterocycles. The molecule has 0 saturated carbocycles. The first-order valence-electron chi connectivity index (χ1n) is 21.4. The molecule has 294 valence electrons. The second-order valence-corrected chi connectivity index (χ2v) is 20.0. The van der Waals surface area contributed by atoms with Crippen LogP contribution in [0.4, 0.5) is 16.4 Å². The Morgan fingerprint density at radius 3 is 1.30 bits per heavy atom. The van der Waals surface area contributed by atoms with Gasteiger partial charge in [0, 0.05) is 32.0 Å². The van der Waals surface area contributed by atoms with Gasteiger partial charge in [-0.1, -0.05) is 185 Å². The lowest BCUT2D eigenvalue weighted by Gasteiger charge is -2.55. The molecule has 0 radical (unpaired) electrons. The maximum absolute atomic E-state index is 2.60. The number of hydrogen-bond donors (Lipinski definition) is 0. The third-order valence-corrected chi connectivity index (χ3v) is 16.6. The first kappa shape index (κ1) is 36.6. The highest BCUT2D eigenvalue weighted by Gasteiger charge is 2.62. The van der Waals surface area contributed by atoms with Crippen molar-refractivity contribution >= 4 is 39.0 Å². The Bertz CT molecular complexity index is 2920. The van der Waals surface area contributed by atoms with Crippen molar-refractivity contribution in [3.63, 3.8) is 0 Å². The number of benzene rings is 7. The smallest absolute Gasteiger partial charge is 0.101 e. The Morgan fingerprint density at radius 1 is 0.344 bits per heavy atom. The van der Waals surface area contributed by atoms with Crippen LogP contribution in [-0.4, -0.2) is 0 Å². The molecule has 2 heterocycles. The Balaban J connectivity index is 1.26. The molecule has 9 aromatic rings. The first-order valence-corrected chi connectivity index (χ1v) is 23.1. The summed E-state index contributed by atoms with van der Waals surface area (Å²) in [5.41, 5.74) is 17.1. The van der Waals surface area contributed by atoms with Gasteiger partial charge in [0.1, 0.15) is 5.00 Å². The van der Waals surface area contributed by atoms with Crippen LogP contribution in [0.15, 0.2) is 200 Å². The Kier molecular flexibility index (Phi) is 7.87. The summed E-state index contributed by atoms with van der Waals surface area (Å²) in [6.45, 7) is 9.68. The van der Waals surface area contributed by atoms with Crippen LogP contribution >= 0.6 is 22.7 Å². The van der Waals surface area contributed by atoms with Gasteiger partial charge in [0.05, 0.1) is 10.8 Å². The van der Waals surface area contributed by atoms with E-state index in [0.717, 1.165) is 11.4 Å². The maximum Gasteiger partial charge on any atom is 0.101 e. The zero-order valence-corrected chi connectivity index (χ0v) is 36.4. The van der Waals surface area contributed by atoms with E-state index < -0.39 is 10.8 Å². The minimum absolute atomic E-state index is 0.188. The van der Waals surface area contributed by atoms with Crippen molar-refractivity contribution in [1.29, 1.82) is 0 Å². The number of rotatable bonds is 4. The third-order valence-electron chi connectivity index (χ3n) is 14.3. The lowest BCUT2D eigenvalue weighted by molar-refractivity contribution is 0.522. The van der Waals surface area contributed by atoms with Gasteiger partial charge in [0.2, 0.25) is 0 Å². The summed E-state index contributed by atoms with van der Waals surface area (Å²) in [5.74, 6) is 0. The summed E-state index contributed by atoms with van der Waals surface area (Å²) in [4.78, 5) is 5.33. The first-order chi connectivity index (χ1) is 29.8. The van der Waals surface area contributed by atoms with Gasteiger partial charge in [0.15, 0.2) is 0 Å². The van der Waals surface area contributed by atoms with Crippen molar-refractivity contribution in [3.05, 3.63) is 265 Å². The molecule has 0 N–H and O–H groups in total. The average Bonchev–Trinajstić information content (AvgIpc) is 3.99. The lowest BCUT2D eigenvalue weighted by Crippen LogP contribution is -2.50. The molecule has 0 atom stereocenters. The van der Waals surface area contributed by atoms with Gasteiger partial charge in [-0.3, -0.25) is 0 Å². The van der Waals surface area contributed by atoms with E-state index in [2.05, 4.69) is 232 Å². The normalized spacial score (nSPS) is 16.4. The summed E-state index contributed by atoms with van der Waals surface area (Å²) in [5, 5.41) is 3.59. The van der Waals surface area contributed by atoms with Crippen LogP contribution in [0.5, 0.6) is 0 Å². The topological polar surface area (TPSA) is 3.24 Å². The average molecular weight is 820 g/mol. The fraction of sp³-hybridized carbons (Fsp3) is 0.138. The van der Waals surface area contributed by atoms with Crippen molar-refractivity contribution in [2.75, 3.05) is 4.90 Å². The molecule has 0 unspecified atom stereocenters. The van der Waals surface area contributed by atoms with Crippen LogP contribution in [0.3, 0.4) is 0 Å². The standard InChI is InChI=1S/C58H45NS2/c1-55(2)42-26-11-15-30-46(42)57(47-31-16-12-27-43(47)55)50-34-35-60-53(50)58(48-32-17-13-28-44(48)56(3,4)45-29-14-18-33-49(45)58)51-37-52(61-54(51)57)59(40-23-9-6-10-24-40)41-25-19-22-39(36-41)38-20-7-5-8-21-38/h5-37H,1-4H3. The molecule has 2 spiro atoms. The van der Waals surface area contributed by atoms with Crippen molar-refractivity contribution in [3.8, 4) is 11.1 Å². The van der Waals surface area contributed by atoms with Gasteiger partial charge in [-0.25, -0.2) is 0 Å². The molecule has 3 aliphatic carbocycles. The van der Waals surface area contributed by atoms with Crippen LogP contribution in [0.2, 0.25) is 0 Å². The predicted octanol–water partition coefficient (Wildman–Crippen LogP) is 15.3. The summed E-state index contributed by atoms with van der Waals surface area (Å²) in [6, 6.07) is 73.4. The van der Waals surface area contributed by atoms with Crippen molar-refractivity contribution in [1.82, 2.24) is 0 Å². The van der Waals surface area contributed by atoms with E-state index >= 15 is 0 Å². The number of fused-ring (bicyclic) bond motifs is 14. The third kappa shape index (κ3) is 4.77. The molecule has 1 nitrogen and oxygen atoms in total. The highest BCUT2D eigenvalue weighted by Crippen LogP contribution is 2.69. The van der Waals surface area contributed by atoms with Gasteiger partial charge in [-0.05, 0) is 109 Å². The summed E-state index contributed by atoms with van der Waals surface area (Å²) in [6.07, 6.45) is 0. The molecule has 12 rings (SSSR count). The fourth-order valence-corrected chi connectivity index (χ4v) is 14.4. The number of para-hydroxylation sites is 1. The number of nitrogens with zero attached hydrogens (tertiary/aromatic N) is 1. The predicted molar refractivity (Wildman–Crippen MR) is 257 cm³/mol. The Labute approximate surface area is 367 Å². The van der Waals surface area contributed by atoms with Gasteiger partial charge in [-0.2, -0.15) is 0 Å². The molecule has 7 aromatic carbocycles. The van der Waals surface area contributed by atoms with E-state index in [1.807, 2.05) is 22.7 Å². The minimum atomic E-state index is -0.549. The summed E-state index contributed by atoms with van der Waals surface area (Å²) < 4.78 is 0. The second-order valence-electron chi connectivity index (χ2n) is 18.0. The highest BCUT2D eigenvalue weighted by atomic mass is 32.1. The Morgan fingerprint density at radius 2 is 0.770 bits per heavy atom. The molecule has 0 saturated heterocycles. The van der Waals surface area contributed by atoms with E-state index in [1.165, 1.54) is 81.5 Å². The lowest BCUT2D eigenvalue weighted by atomic mass is 9.48. The van der Waals surface area contributed by atoms with Crippen molar-refractivity contribution in [2.24, 2.45) is 0 Å². The molecule has 61 heavy (non-hydrogen) atoms. The fourth-order valence-electron chi connectivity index (χ4n) is 11.7. The van der Waals surface area contributed by atoms with E-state index in [1.54, 1.807) is 0 Å². The van der Waals surface area contributed by atoms with Gasteiger partial charge < -0.3 is 4.90 Å². The quantitative estimate of drug-likeness (QED) is 0.171. The van der Waals surface area contributed by atoms with Crippen molar-refractivity contribution in [2.45, 2.75) is 49.4 Å². The second kappa shape index (κ2) is 13.1. The molecule has 0 amide bonds. The van der Waals surface area contributed by atoms with Crippen LogP contribution in [0.1, 0.15) is 93.1 Å². The molecule has 0 bridgehead atoms. The van der Waals surface area contributed by atoms with Gasteiger partial charge in [-0.15, -0.1) is 22.7 Å². The minimum Gasteiger partial charge on any atom is -0.302 e. The zero-order valence-electron chi connectivity index (χ0n) is 34.8. The SMILES string of the molecule is CC1(C)c2ccccc2C2(c3ccccc31)c1cc(N(c3ccccc3)c3cccc(-c4ccccc4)c3)sc1C1(c3ccccc3C(C)(C)c3ccccc31)c1ccsc12. The van der Waals surface area contributed by atoms with Crippen LogP contribution in [0, 0.1) is 0 Å². The maximum atomic E-state index is 2.60. The van der Waals surface area contributed by atoms with E-state index in [4.69, 9.17) is 0 Å². The molecular formula is C58H45NS2. The van der Waals surface area contributed by atoms with E-state index in [9.17, 15) is 0 Å². The number of thiophene rings is 2. The number of hydrogen-bond acceptors (Lipinski definition) is 3.